The summed E-state index contributed by atoms with van der Waals surface area (Å²) in [6.07, 6.45) is 5.74. The molecule has 0 radical (unpaired) electrons. The Labute approximate surface area is 255 Å². The molecule has 3 aromatic rings. The Morgan fingerprint density at radius 3 is 2.38 bits per heavy atom. The molecule has 1 saturated carbocycles. The lowest BCUT2D eigenvalue weighted by molar-refractivity contribution is -0.170. The lowest BCUT2D eigenvalue weighted by atomic mass is 9.99. The van der Waals surface area contributed by atoms with E-state index in [1.807, 2.05) is 45.0 Å². The molecule has 6 nitrogen and oxygen atoms in total. The number of thiophene rings is 1. The molecule has 2 heterocycles. The molecule has 1 aliphatic carbocycles. The van der Waals surface area contributed by atoms with E-state index >= 15 is 0 Å². The summed E-state index contributed by atoms with van der Waals surface area (Å²) in [5.74, 6) is 0.294. The number of esters is 1. The first-order chi connectivity index (χ1) is 19.9. The number of hydrogen-bond donors (Lipinski definition) is 0. The Balaban J connectivity index is 0.000000206. The zero-order valence-corrected chi connectivity index (χ0v) is 26.8. The summed E-state index contributed by atoms with van der Waals surface area (Å²) in [5, 5.41) is 2.13. The fraction of sp³-hybridized carbons (Fsp3) is 0.486. The first kappa shape index (κ1) is 31.8. The molecular formula is C35H46N2O4S. The average molecular weight is 591 g/mol. The van der Waals surface area contributed by atoms with Crippen LogP contribution in [0, 0.1) is 5.92 Å². The van der Waals surface area contributed by atoms with Gasteiger partial charge in [-0.1, -0.05) is 36.4 Å². The normalized spacial score (nSPS) is 17.3. The molecule has 1 aliphatic heterocycles. The maximum atomic E-state index is 12.4. The number of anilines is 1. The summed E-state index contributed by atoms with van der Waals surface area (Å²) in [7, 11) is 2.23. The zero-order chi connectivity index (χ0) is 30.3. The maximum Gasteiger partial charge on any atom is 0.350 e. The standard InChI is InChI=1S/C20H29NO4.C15H17NS/c1-19(2,3)25-18(23)20(4,5)24-17-10-6-9-16(12-17)21-11-7-8-15(13-21)14-22;1-16(14-8-9-14)11-12-4-6-13(7-5-12)15-3-2-10-17-15/h6,9-10,12,14-15H,7-8,11,13H2,1-5H3;2-7,10,14H,8-9,11H2,1H3. The van der Waals surface area contributed by atoms with Crippen LogP contribution in [0.3, 0.4) is 0 Å². The summed E-state index contributed by atoms with van der Waals surface area (Å²) in [5.41, 5.74) is 2.11. The summed E-state index contributed by atoms with van der Waals surface area (Å²) < 4.78 is 11.4. The minimum absolute atomic E-state index is 0.0801. The topological polar surface area (TPSA) is 59.1 Å². The van der Waals surface area contributed by atoms with E-state index in [0.29, 0.717) is 5.75 Å². The molecule has 1 saturated heterocycles. The van der Waals surface area contributed by atoms with Crippen LogP contribution in [-0.2, 0) is 20.9 Å². The minimum atomic E-state index is -1.08. The summed E-state index contributed by atoms with van der Waals surface area (Å²) in [6.45, 7) is 11.6. The molecule has 0 N–H and O–H groups in total. The molecule has 7 heteroatoms. The van der Waals surface area contributed by atoms with Crippen molar-refractivity contribution in [2.24, 2.45) is 5.92 Å². The lowest BCUT2D eigenvalue weighted by Crippen LogP contribution is -2.43. The van der Waals surface area contributed by atoms with E-state index in [2.05, 4.69) is 58.6 Å². The van der Waals surface area contributed by atoms with Gasteiger partial charge in [-0.3, -0.25) is 4.90 Å². The fourth-order valence-electron chi connectivity index (χ4n) is 4.99. The van der Waals surface area contributed by atoms with Crippen molar-refractivity contribution in [2.45, 2.75) is 84.1 Å². The van der Waals surface area contributed by atoms with Gasteiger partial charge in [0, 0.05) is 48.2 Å². The molecule has 2 aromatic carbocycles. The van der Waals surface area contributed by atoms with Gasteiger partial charge in [0.25, 0.3) is 0 Å². The van der Waals surface area contributed by atoms with Crippen LogP contribution in [0.4, 0.5) is 5.69 Å². The van der Waals surface area contributed by atoms with E-state index in [1.54, 1.807) is 25.2 Å². The van der Waals surface area contributed by atoms with Crippen LogP contribution in [0.5, 0.6) is 5.75 Å². The van der Waals surface area contributed by atoms with Gasteiger partial charge in [-0.2, -0.15) is 0 Å². The smallest absolute Gasteiger partial charge is 0.350 e. The molecule has 0 amide bonds. The Hall–Kier alpha value is -3.16. The number of ether oxygens (including phenoxy) is 2. The number of carbonyl (C=O) groups excluding carboxylic acids is 2. The number of nitrogens with zero attached hydrogens (tertiary/aromatic N) is 2. The van der Waals surface area contributed by atoms with Crippen molar-refractivity contribution < 1.29 is 19.1 Å². The van der Waals surface area contributed by atoms with Gasteiger partial charge in [-0.15, -0.1) is 11.3 Å². The highest BCUT2D eigenvalue weighted by molar-refractivity contribution is 7.13. The molecule has 2 fully saturated rings. The summed E-state index contributed by atoms with van der Waals surface area (Å²) in [6, 6.07) is 21.8. The van der Waals surface area contributed by atoms with Crippen LogP contribution in [0.25, 0.3) is 10.4 Å². The largest absolute Gasteiger partial charge is 0.476 e. The van der Waals surface area contributed by atoms with E-state index in [1.165, 1.54) is 28.8 Å². The van der Waals surface area contributed by atoms with E-state index in [0.717, 1.165) is 50.5 Å². The predicted octanol–water partition coefficient (Wildman–Crippen LogP) is 7.61. The first-order valence-electron chi connectivity index (χ1n) is 15.0. The van der Waals surface area contributed by atoms with Gasteiger partial charge >= 0.3 is 5.97 Å². The van der Waals surface area contributed by atoms with Gasteiger partial charge < -0.3 is 19.2 Å². The summed E-state index contributed by atoms with van der Waals surface area (Å²) in [4.78, 5) is 29.4. The van der Waals surface area contributed by atoms with E-state index in [4.69, 9.17) is 9.47 Å². The van der Waals surface area contributed by atoms with Crippen molar-refractivity contribution in [1.82, 2.24) is 4.90 Å². The molecule has 1 aromatic heterocycles. The third kappa shape index (κ3) is 9.43. The molecule has 226 valence electrons. The average Bonchev–Trinajstić information content (AvgIpc) is 3.67. The summed E-state index contributed by atoms with van der Waals surface area (Å²) >= 11 is 1.80. The Morgan fingerprint density at radius 1 is 1.02 bits per heavy atom. The molecule has 0 spiro atoms. The van der Waals surface area contributed by atoms with Gasteiger partial charge in [0.15, 0.2) is 5.60 Å². The number of benzene rings is 2. The lowest BCUT2D eigenvalue weighted by Gasteiger charge is -2.33. The SMILES string of the molecule is CC(C)(C)OC(=O)C(C)(C)Oc1cccc(N2CCCC(C=O)C2)c1.CN(Cc1ccc(-c2cccs2)cc1)C1CC1. The van der Waals surface area contributed by atoms with Crippen LogP contribution < -0.4 is 9.64 Å². The van der Waals surface area contributed by atoms with Gasteiger partial charge in [-0.05, 0) is 102 Å². The predicted molar refractivity (Wildman–Crippen MR) is 172 cm³/mol. The van der Waals surface area contributed by atoms with Gasteiger partial charge in [0.05, 0.1) is 0 Å². The number of aldehydes is 1. The minimum Gasteiger partial charge on any atom is -0.476 e. The second-order valence-electron chi connectivity index (χ2n) is 12.9. The second-order valence-corrected chi connectivity index (χ2v) is 13.9. The molecule has 0 bridgehead atoms. The number of hydrogen-bond acceptors (Lipinski definition) is 7. The molecular weight excluding hydrogens is 544 g/mol. The van der Waals surface area contributed by atoms with Crippen LogP contribution >= 0.6 is 11.3 Å². The third-order valence-corrected chi connectivity index (χ3v) is 8.38. The van der Waals surface area contributed by atoms with Crippen molar-refractivity contribution in [3.05, 3.63) is 71.6 Å². The van der Waals surface area contributed by atoms with E-state index in [-0.39, 0.29) is 5.92 Å². The number of carbonyl (C=O) groups is 2. The van der Waals surface area contributed by atoms with Crippen molar-refractivity contribution >= 4 is 29.3 Å². The highest BCUT2D eigenvalue weighted by Crippen LogP contribution is 2.30. The van der Waals surface area contributed by atoms with Crippen LogP contribution in [0.15, 0.2) is 66.0 Å². The molecule has 2 aliphatic rings. The third-order valence-electron chi connectivity index (χ3n) is 7.46. The quantitative estimate of drug-likeness (QED) is 0.189. The van der Waals surface area contributed by atoms with Gasteiger partial charge in [0.1, 0.15) is 17.6 Å². The number of piperidine rings is 1. The highest BCUT2D eigenvalue weighted by Gasteiger charge is 2.35. The van der Waals surface area contributed by atoms with Crippen LogP contribution in [0.2, 0.25) is 0 Å². The van der Waals surface area contributed by atoms with E-state index < -0.39 is 17.2 Å². The van der Waals surface area contributed by atoms with Crippen molar-refractivity contribution in [3.8, 4) is 16.2 Å². The highest BCUT2D eigenvalue weighted by atomic mass is 32.1. The van der Waals surface area contributed by atoms with Crippen LogP contribution in [-0.4, -0.2) is 54.5 Å². The molecule has 42 heavy (non-hydrogen) atoms. The Kier molecular flexibility index (Phi) is 10.5. The number of rotatable bonds is 9. The molecule has 5 rings (SSSR count). The maximum absolute atomic E-state index is 12.4. The monoisotopic (exact) mass is 590 g/mol. The van der Waals surface area contributed by atoms with Gasteiger partial charge in [-0.25, -0.2) is 4.79 Å². The molecule has 1 atom stereocenters. The fourth-order valence-corrected chi connectivity index (χ4v) is 5.72. The molecule has 1 unspecified atom stereocenters. The van der Waals surface area contributed by atoms with Crippen molar-refractivity contribution in [3.63, 3.8) is 0 Å². The zero-order valence-electron chi connectivity index (χ0n) is 26.0. The van der Waals surface area contributed by atoms with E-state index in [9.17, 15) is 9.59 Å². The van der Waals surface area contributed by atoms with Crippen molar-refractivity contribution in [2.75, 3.05) is 25.0 Å². The Morgan fingerprint density at radius 2 is 1.76 bits per heavy atom. The first-order valence-corrected chi connectivity index (χ1v) is 15.9. The van der Waals surface area contributed by atoms with Crippen molar-refractivity contribution in [1.29, 1.82) is 0 Å². The van der Waals surface area contributed by atoms with Crippen LogP contribution in [0.1, 0.15) is 65.9 Å². The second kappa shape index (κ2) is 13.9. The Bertz CT molecular complexity index is 1290. The van der Waals surface area contributed by atoms with Gasteiger partial charge in [0.2, 0.25) is 0 Å².